The van der Waals surface area contributed by atoms with Crippen molar-refractivity contribution in [2.45, 2.75) is 61.0 Å². The summed E-state index contributed by atoms with van der Waals surface area (Å²) < 4.78 is 29.8. The highest BCUT2D eigenvalue weighted by molar-refractivity contribution is 5.52. The zero-order valence-electron chi connectivity index (χ0n) is 16.4. The van der Waals surface area contributed by atoms with E-state index in [1.807, 2.05) is 46.6 Å². The number of ether oxygens (including phenoxy) is 1. The summed E-state index contributed by atoms with van der Waals surface area (Å²) in [7, 11) is 1.94. The molecule has 0 atom stereocenters. The smallest absolute Gasteiger partial charge is 0.394 e. The van der Waals surface area contributed by atoms with Gasteiger partial charge in [-0.3, -0.25) is 0 Å². The third kappa shape index (κ3) is 12.5. The van der Waals surface area contributed by atoms with Crippen LogP contribution in [-0.2, 0) is 0 Å². The van der Waals surface area contributed by atoms with Crippen molar-refractivity contribution < 1.29 is 13.5 Å². The normalized spacial score (nSPS) is 9.92. The number of terminal acetylenes is 1. The Hall–Kier alpha value is -2.02. The van der Waals surface area contributed by atoms with Crippen molar-refractivity contribution in [2.75, 3.05) is 11.9 Å². The first-order valence-corrected chi connectivity index (χ1v) is 8.24. The molecular weight excluding hydrogens is 308 g/mol. The summed E-state index contributed by atoms with van der Waals surface area (Å²) in [6, 6.07) is 6.60. The molecular formula is C20H33F2NO. The summed E-state index contributed by atoms with van der Waals surface area (Å²) in [5.74, 6) is 0.164. The van der Waals surface area contributed by atoms with Gasteiger partial charge in [-0.25, -0.2) is 0 Å². The molecule has 0 aliphatic carbocycles. The Morgan fingerprint density at radius 1 is 1.12 bits per heavy atom. The van der Waals surface area contributed by atoms with Crippen molar-refractivity contribution in [3.63, 3.8) is 0 Å². The standard InChI is InChI=1S/C14H19F2NO.2C2H6.C2H2/c1-5-6-11(2)17(4)12-7-9-13(10-8-12)18-14(3,15)16;3*1-2/h6-10H,5H2,1-4H3;2*1-2H3;1-2H/b11-6-;;;. The summed E-state index contributed by atoms with van der Waals surface area (Å²) >= 11 is 0. The summed E-state index contributed by atoms with van der Waals surface area (Å²) in [6.07, 6.45) is 7.91. The van der Waals surface area contributed by atoms with Gasteiger partial charge in [0.15, 0.2) is 0 Å². The summed E-state index contributed by atoms with van der Waals surface area (Å²) in [5, 5.41) is 0. The molecule has 0 aromatic heterocycles. The predicted octanol–water partition coefficient (Wildman–Crippen LogP) is 6.73. The molecule has 0 amide bonds. The van der Waals surface area contributed by atoms with E-state index >= 15 is 0 Å². The average Bonchev–Trinajstić information content (AvgIpc) is 2.59. The topological polar surface area (TPSA) is 12.5 Å². The summed E-state index contributed by atoms with van der Waals surface area (Å²) in [5.41, 5.74) is 2.05. The fourth-order valence-corrected chi connectivity index (χ4v) is 1.58. The number of halogens is 2. The number of allylic oxidation sites excluding steroid dienone is 2. The van der Waals surface area contributed by atoms with Crippen molar-refractivity contribution in [3.05, 3.63) is 36.0 Å². The number of hydrogen-bond donors (Lipinski definition) is 0. The lowest BCUT2D eigenvalue weighted by Gasteiger charge is -2.21. The second-order valence-corrected chi connectivity index (χ2v) is 4.22. The van der Waals surface area contributed by atoms with Gasteiger partial charge in [-0.1, -0.05) is 40.7 Å². The molecule has 0 radical (unpaired) electrons. The minimum atomic E-state index is -3.15. The number of alkyl halides is 2. The Morgan fingerprint density at radius 2 is 1.54 bits per heavy atom. The molecule has 0 N–H and O–H groups in total. The summed E-state index contributed by atoms with van der Waals surface area (Å²) in [6.45, 7) is 12.8. The van der Waals surface area contributed by atoms with Crippen molar-refractivity contribution in [1.29, 1.82) is 0 Å². The van der Waals surface area contributed by atoms with Crippen LogP contribution in [0.5, 0.6) is 5.75 Å². The number of rotatable bonds is 5. The quantitative estimate of drug-likeness (QED) is 0.550. The molecule has 138 valence electrons. The minimum absolute atomic E-state index is 0.164. The van der Waals surface area contributed by atoms with Crippen LogP contribution in [0.2, 0.25) is 0 Å². The zero-order valence-corrected chi connectivity index (χ0v) is 16.4. The van der Waals surface area contributed by atoms with Gasteiger partial charge in [0, 0.05) is 25.4 Å². The molecule has 4 heteroatoms. The van der Waals surface area contributed by atoms with E-state index in [9.17, 15) is 8.78 Å². The van der Waals surface area contributed by atoms with E-state index in [4.69, 9.17) is 0 Å². The zero-order chi connectivity index (χ0) is 19.8. The molecule has 0 saturated heterocycles. The first-order valence-electron chi connectivity index (χ1n) is 8.24. The highest BCUT2D eigenvalue weighted by Gasteiger charge is 2.22. The third-order valence-electron chi connectivity index (χ3n) is 2.55. The molecule has 0 spiro atoms. The number of nitrogens with zero attached hydrogens (tertiary/aromatic N) is 1. The van der Waals surface area contributed by atoms with Crippen LogP contribution in [0.3, 0.4) is 0 Å². The van der Waals surface area contributed by atoms with Crippen LogP contribution < -0.4 is 9.64 Å². The highest BCUT2D eigenvalue weighted by atomic mass is 19.3. The van der Waals surface area contributed by atoms with Crippen molar-refractivity contribution in [2.24, 2.45) is 0 Å². The first kappa shape index (κ1) is 26.9. The maximum atomic E-state index is 12.7. The molecule has 0 fully saturated rings. The summed E-state index contributed by atoms with van der Waals surface area (Å²) in [4.78, 5) is 2.00. The molecule has 0 unspecified atom stereocenters. The van der Waals surface area contributed by atoms with E-state index in [1.165, 1.54) is 0 Å². The Labute approximate surface area is 147 Å². The SMILES string of the molecule is C#C.CC.CC.CC/C=C(/C)N(C)c1ccc(OC(C)(F)F)cc1. The second kappa shape index (κ2) is 15.9. The second-order valence-electron chi connectivity index (χ2n) is 4.22. The molecule has 0 aliphatic rings. The van der Waals surface area contributed by atoms with Gasteiger partial charge in [-0.2, -0.15) is 8.78 Å². The first-order chi connectivity index (χ1) is 11.3. The Bertz CT molecular complexity index is 445. The van der Waals surface area contributed by atoms with Gasteiger partial charge in [0.1, 0.15) is 5.75 Å². The van der Waals surface area contributed by atoms with Crippen molar-refractivity contribution >= 4 is 5.69 Å². The molecule has 1 aromatic carbocycles. The van der Waals surface area contributed by atoms with Crippen LogP contribution in [-0.4, -0.2) is 13.2 Å². The van der Waals surface area contributed by atoms with Crippen LogP contribution in [0.15, 0.2) is 36.0 Å². The number of benzene rings is 1. The van der Waals surface area contributed by atoms with Crippen LogP contribution in [0.25, 0.3) is 0 Å². The molecule has 2 nitrogen and oxygen atoms in total. The third-order valence-corrected chi connectivity index (χ3v) is 2.55. The van der Waals surface area contributed by atoms with Gasteiger partial charge < -0.3 is 9.64 Å². The maximum absolute atomic E-state index is 12.7. The molecule has 0 heterocycles. The maximum Gasteiger partial charge on any atom is 0.394 e. The highest BCUT2D eigenvalue weighted by Crippen LogP contribution is 2.25. The monoisotopic (exact) mass is 341 g/mol. The number of anilines is 1. The van der Waals surface area contributed by atoms with Crippen LogP contribution in [0.1, 0.15) is 54.9 Å². The van der Waals surface area contributed by atoms with Crippen LogP contribution >= 0.6 is 0 Å². The molecule has 24 heavy (non-hydrogen) atoms. The predicted molar refractivity (Wildman–Crippen MR) is 103 cm³/mol. The fraction of sp³-hybridized carbons (Fsp3) is 0.500. The van der Waals surface area contributed by atoms with Gasteiger partial charge in [-0.15, -0.1) is 12.8 Å². The van der Waals surface area contributed by atoms with E-state index in [1.54, 1.807) is 24.3 Å². The van der Waals surface area contributed by atoms with Gasteiger partial charge in [-0.05, 0) is 37.6 Å². The van der Waals surface area contributed by atoms with E-state index < -0.39 is 6.11 Å². The molecule has 0 bridgehead atoms. The van der Waals surface area contributed by atoms with Crippen molar-refractivity contribution in [3.8, 4) is 18.6 Å². The lowest BCUT2D eigenvalue weighted by molar-refractivity contribution is -0.158. The molecule has 1 rings (SSSR count). The minimum Gasteiger partial charge on any atom is -0.433 e. The number of hydrogen-bond acceptors (Lipinski definition) is 2. The fourth-order valence-electron chi connectivity index (χ4n) is 1.58. The van der Waals surface area contributed by atoms with Gasteiger partial charge in [0.25, 0.3) is 0 Å². The molecule has 1 aromatic rings. The van der Waals surface area contributed by atoms with Gasteiger partial charge >= 0.3 is 6.11 Å². The molecule has 0 saturated carbocycles. The van der Waals surface area contributed by atoms with Gasteiger partial charge in [0.05, 0.1) is 0 Å². The largest absolute Gasteiger partial charge is 0.433 e. The molecule has 0 aliphatic heterocycles. The Balaban J connectivity index is -0.000000659. The van der Waals surface area contributed by atoms with Crippen molar-refractivity contribution in [1.82, 2.24) is 0 Å². The Morgan fingerprint density at radius 3 is 1.88 bits per heavy atom. The van der Waals surface area contributed by atoms with Gasteiger partial charge in [0.2, 0.25) is 0 Å². The van der Waals surface area contributed by atoms with Crippen LogP contribution in [0, 0.1) is 12.8 Å². The lowest BCUT2D eigenvalue weighted by Crippen LogP contribution is -2.19. The average molecular weight is 341 g/mol. The lowest BCUT2D eigenvalue weighted by atomic mass is 10.2. The van der Waals surface area contributed by atoms with E-state index in [0.29, 0.717) is 0 Å². The van der Waals surface area contributed by atoms with E-state index in [0.717, 1.165) is 24.7 Å². The van der Waals surface area contributed by atoms with E-state index in [2.05, 4.69) is 30.6 Å². The Kier molecular flexibility index (Phi) is 17.7. The van der Waals surface area contributed by atoms with E-state index in [-0.39, 0.29) is 5.75 Å². The van der Waals surface area contributed by atoms with Crippen LogP contribution in [0.4, 0.5) is 14.5 Å².